The lowest BCUT2D eigenvalue weighted by Gasteiger charge is -2.34. The maximum atomic E-state index is 14.1. The zero-order valence-corrected chi connectivity index (χ0v) is 17.2. The molecule has 23 heavy (non-hydrogen) atoms. The second-order valence-corrected chi connectivity index (χ2v) is 16.4. The highest BCUT2D eigenvalue weighted by atomic mass is 32.2. The van der Waals surface area contributed by atoms with E-state index >= 15 is 0 Å². The summed E-state index contributed by atoms with van der Waals surface area (Å²) in [6, 6.07) is 8.00. The van der Waals surface area contributed by atoms with Gasteiger partial charge in [-0.25, -0.2) is 4.21 Å². The molecule has 0 aliphatic heterocycles. The first-order chi connectivity index (χ1) is 10.4. The van der Waals surface area contributed by atoms with Gasteiger partial charge in [-0.05, 0) is 39.8 Å². The zero-order chi connectivity index (χ0) is 17.5. The average molecular weight is 348 g/mol. The molecule has 2 rings (SSSR count). The highest BCUT2D eigenvalue weighted by Crippen LogP contribution is 2.37. The van der Waals surface area contributed by atoms with Crippen molar-refractivity contribution < 1.29 is 4.21 Å². The monoisotopic (exact) mass is 347 g/mol. The number of nitrogens with zero attached hydrogens (tertiary/aromatic N) is 1. The molecule has 0 bridgehead atoms. The Labute approximate surface area is 142 Å². The van der Waals surface area contributed by atoms with Gasteiger partial charge in [-0.2, -0.15) is 4.36 Å². The quantitative estimate of drug-likeness (QED) is 0.651. The van der Waals surface area contributed by atoms with Crippen LogP contribution in [0.15, 0.2) is 52.1 Å². The van der Waals surface area contributed by atoms with Gasteiger partial charge in [-0.1, -0.05) is 60.8 Å². The molecular formula is C19H29NOSSi. The summed E-state index contributed by atoms with van der Waals surface area (Å²) in [5.74, 6) is 0. The molecule has 1 aliphatic carbocycles. The third-order valence-electron chi connectivity index (χ3n) is 4.23. The molecule has 1 aromatic carbocycles. The lowest BCUT2D eigenvalue weighted by molar-refractivity contribution is 0.637. The van der Waals surface area contributed by atoms with Crippen molar-refractivity contribution in [3.8, 4) is 0 Å². The summed E-state index contributed by atoms with van der Waals surface area (Å²) >= 11 is 0. The third kappa shape index (κ3) is 3.69. The molecule has 1 aromatic rings. The van der Waals surface area contributed by atoms with Crippen LogP contribution in [-0.4, -0.2) is 22.3 Å². The summed E-state index contributed by atoms with van der Waals surface area (Å²) in [7, 11) is -4.02. The Hall–Kier alpha value is -1.13. The fraction of sp³-hybridized carbons (Fsp3) is 0.474. The smallest absolute Gasteiger partial charge is 0.0800 e. The van der Waals surface area contributed by atoms with E-state index in [1.54, 1.807) is 0 Å². The number of allylic oxidation sites excluding steroid dienone is 2. The van der Waals surface area contributed by atoms with Crippen LogP contribution in [-0.2, 0) is 9.73 Å². The molecule has 0 heterocycles. The molecule has 0 aromatic heterocycles. The van der Waals surface area contributed by atoms with Crippen LogP contribution in [0.4, 0.5) is 5.69 Å². The van der Waals surface area contributed by atoms with Crippen LogP contribution in [0.2, 0.25) is 19.6 Å². The normalized spacial score (nSPS) is 21.0. The minimum absolute atomic E-state index is 0.0736. The van der Waals surface area contributed by atoms with Gasteiger partial charge in [0.1, 0.15) is 0 Å². The van der Waals surface area contributed by atoms with Gasteiger partial charge >= 0.3 is 0 Å². The summed E-state index contributed by atoms with van der Waals surface area (Å²) in [6.07, 6.45) is 6.33. The van der Waals surface area contributed by atoms with Crippen molar-refractivity contribution in [3.63, 3.8) is 0 Å². The van der Waals surface area contributed by atoms with E-state index in [2.05, 4.69) is 44.8 Å². The van der Waals surface area contributed by atoms with Crippen LogP contribution in [0.5, 0.6) is 0 Å². The van der Waals surface area contributed by atoms with Crippen LogP contribution in [0.25, 0.3) is 0 Å². The molecule has 2 unspecified atom stereocenters. The number of benzene rings is 1. The molecule has 0 N–H and O–H groups in total. The predicted molar refractivity (Wildman–Crippen MR) is 106 cm³/mol. The van der Waals surface area contributed by atoms with Crippen LogP contribution in [0.1, 0.15) is 26.3 Å². The Kier molecular flexibility index (Phi) is 4.80. The van der Waals surface area contributed by atoms with Gasteiger partial charge in [0.15, 0.2) is 0 Å². The minimum Gasteiger partial charge on any atom is -0.248 e. The molecule has 1 aliphatic rings. The molecular weight excluding hydrogens is 318 g/mol. The first-order valence-electron chi connectivity index (χ1n) is 8.16. The highest BCUT2D eigenvalue weighted by Gasteiger charge is 2.40. The van der Waals surface area contributed by atoms with Crippen LogP contribution in [0.3, 0.4) is 0 Å². The first-order valence-corrected chi connectivity index (χ1v) is 13.2. The van der Waals surface area contributed by atoms with Gasteiger partial charge in [0.2, 0.25) is 0 Å². The molecule has 0 fully saturated rings. The van der Waals surface area contributed by atoms with Crippen molar-refractivity contribution in [2.45, 2.75) is 57.3 Å². The summed E-state index contributed by atoms with van der Waals surface area (Å²) < 4.78 is 18.5. The van der Waals surface area contributed by atoms with E-state index in [9.17, 15) is 4.21 Å². The van der Waals surface area contributed by atoms with Crippen molar-refractivity contribution in [3.05, 3.63) is 53.3 Å². The number of rotatable bonds is 3. The highest BCUT2D eigenvalue weighted by molar-refractivity contribution is 7.96. The average Bonchev–Trinajstić information content (AvgIpc) is 2.89. The summed E-state index contributed by atoms with van der Waals surface area (Å²) in [5.41, 5.74) is 2.00. The summed E-state index contributed by atoms with van der Waals surface area (Å²) in [4.78, 5) is 0. The van der Waals surface area contributed by atoms with E-state index < -0.39 is 22.5 Å². The molecule has 2 nitrogen and oxygen atoms in total. The predicted octanol–water partition coefficient (Wildman–Crippen LogP) is 5.64. The molecule has 126 valence electrons. The first kappa shape index (κ1) is 18.2. The molecule has 4 heteroatoms. The zero-order valence-electron chi connectivity index (χ0n) is 15.4. The largest absolute Gasteiger partial charge is 0.248 e. The van der Waals surface area contributed by atoms with Gasteiger partial charge in [0, 0.05) is 4.75 Å². The molecule has 2 atom stereocenters. The molecule has 0 radical (unpaired) electrons. The Morgan fingerprint density at radius 3 is 2.13 bits per heavy atom. The summed E-state index contributed by atoms with van der Waals surface area (Å²) in [6.45, 7) is 15.1. The van der Waals surface area contributed by atoms with Gasteiger partial charge < -0.3 is 0 Å². The second-order valence-electron chi connectivity index (χ2n) is 8.29. The SMILES string of the molecule is Cc1ccc(N=S(=O)(C2C=CC=C2[Si](C)(C)C)C(C)(C)C)cc1. The second kappa shape index (κ2) is 6.06. The number of hydrogen-bond donors (Lipinski definition) is 0. The van der Waals surface area contributed by atoms with Crippen molar-refractivity contribution in [2.75, 3.05) is 0 Å². The van der Waals surface area contributed by atoms with E-state index in [4.69, 9.17) is 4.36 Å². The maximum absolute atomic E-state index is 14.1. The molecule has 0 saturated heterocycles. The van der Waals surface area contributed by atoms with Gasteiger partial charge in [0.25, 0.3) is 0 Å². The van der Waals surface area contributed by atoms with Gasteiger partial charge in [0.05, 0.1) is 28.7 Å². The van der Waals surface area contributed by atoms with Crippen molar-refractivity contribution >= 4 is 23.5 Å². The van der Waals surface area contributed by atoms with Crippen molar-refractivity contribution in [1.29, 1.82) is 0 Å². The van der Waals surface area contributed by atoms with E-state index in [-0.39, 0.29) is 5.25 Å². The van der Waals surface area contributed by atoms with Crippen molar-refractivity contribution in [2.24, 2.45) is 4.36 Å². The summed E-state index contributed by atoms with van der Waals surface area (Å²) in [5, 5.41) is 1.27. The van der Waals surface area contributed by atoms with E-state index in [1.165, 1.54) is 10.8 Å². The minimum atomic E-state index is -2.48. The lowest BCUT2D eigenvalue weighted by atomic mass is 10.2. The van der Waals surface area contributed by atoms with Gasteiger partial charge in [-0.3, -0.25) is 0 Å². The van der Waals surface area contributed by atoms with Crippen LogP contribution in [0, 0.1) is 6.92 Å². The topological polar surface area (TPSA) is 29.4 Å². The number of aryl methyl sites for hydroxylation is 1. The lowest BCUT2D eigenvalue weighted by Crippen LogP contribution is -2.41. The Morgan fingerprint density at radius 1 is 1.09 bits per heavy atom. The molecule has 0 saturated carbocycles. The fourth-order valence-corrected chi connectivity index (χ4v) is 8.15. The molecule has 0 amide bonds. The fourth-order valence-electron chi connectivity index (χ4n) is 2.75. The van der Waals surface area contributed by atoms with E-state index in [0.717, 1.165) is 5.69 Å². The molecule has 0 spiro atoms. The van der Waals surface area contributed by atoms with Gasteiger partial charge in [-0.15, -0.1) is 0 Å². The number of hydrogen-bond acceptors (Lipinski definition) is 2. The Balaban J connectivity index is 2.63. The van der Waals surface area contributed by atoms with E-state index in [1.807, 2.05) is 45.0 Å². The Morgan fingerprint density at radius 2 is 1.65 bits per heavy atom. The van der Waals surface area contributed by atoms with Crippen molar-refractivity contribution in [1.82, 2.24) is 0 Å². The van der Waals surface area contributed by atoms with Crippen LogP contribution < -0.4 is 0 Å². The third-order valence-corrected chi connectivity index (χ3v) is 9.99. The van der Waals surface area contributed by atoms with E-state index in [0.29, 0.717) is 0 Å². The standard InChI is InChI=1S/C19H29NOSSi/c1-15-11-13-16(14-12-15)20-22(21,19(2,3)4)17-9-8-10-18(17)23(5,6)7/h8-14,17H,1-7H3. The van der Waals surface area contributed by atoms with Crippen LogP contribution >= 0.6 is 0 Å². The maximum Gasteiger partial charge on any atom is 0.0800 e. The Bertz CT molecular complexity index is 752.